The molecular weight excluding hydrogens is 672 g/mol. The number of hydrazine groups is 1. The maximum Gasteiger partial charge on any atom is 0.240 e. The number of ether oxygens (including phenoxy) is 3. The van der Waals surface area contributed by atoms with Crippen molar-refractivity contribution in [3.05, 3.63) is 103 Å². The molecule has 2 unspecified atom stereocenters. The predicted octanol–water partition coefficient (Wildman–Crippen LogP) is 6.79. The summed E-state index contributed by atoms with van der Waals surface area (Å²) in [5, 5.41) is 1.75. The van der Waals surface area contributed by atoms with Gasteiger partial charge in [-0.2, -0.15) is 0 Å². The maximum atomic E-state index is 14.2. The van der Waals surface area contributed by atoms with Crippen molar-refractivity contribution in [1.82, 2.24) is 24.8 Å². The molecular formula is C41H47FN8O3. The fourth-order valence-corrected chi connectivity index (χ4v) is 7.54. The smallest absolute Gasteiger partial charge is 0.240 e. The molecule has 2 atom stereocenters. The van der Waals surface area contributed by atoms with Crippen LogP contribution < -0.4 is 30.0 Å². The highest BCUT2D eigenvalue weighted by atomic mass is 19.1. The molecule has 4 heterocycles. The van der Waals surface area contributed by atoms with Crippen molar-refractivity contribution in [2.45, 2.75) is 51.2 Å². The normalized spacial score (nSPS) is 18.1. The second-order valence-electron chi connectivity index (χ2n) is 13.7. The van der Waals surface area contributed by atoms with E-state index in [0.29, 0.717) is 24.2 Å². The molecule has 5 aromatic rings. The summed E-state index contributed by atoms with van der Waals surface area (Å²) >= 11 is 0. The topological polar surface area (TPSA) is 115 Å². The van der Waals surface area contributed by atoms with Crippen molar-refractivity contribution in [2.24, 2.45) is 11.8 Å². The summed E-state index contributed by atoms with van der Waals surface area (Å²) in [7, 11) is 3.32. The lowest BCUT2D eigenvalue weighted by atomic mass is 9.82. The minimum absolute atomic E-state index is 0.0379. The van der Waals surface area contributed by atoms with Crippen LogP contribution in [0.3, 0.4) is 0 Å². The number of hydrogen-bond donors (Lipinski definition) is 1. The number of methoxy groups -OCH3 is 2. The second-order valence-corrected chi connectivity index (χ2v) is 13.7. The van der Waals surface area contributed by atoms with Crippen LogP contribution in [0.15, 0.2) is 91.5 Å². The van der Waals surface area contributed by atoms with Crippen molar-refractivity contribution < 1.29 is 18.6 Å². The van der Waals surface area contributed by atoms with E-state index >= 15 is 0 Å². The van der Waals surface area contributed by atoms with E-state index in [-0.39, 0.29) is 17.9 Å². The molecule has 2 saturated heterocycles. The standard InChI is InChI=1S/C41H47FN8O3/c1-4-53-39-21-28(5-14-37(39)42)27-48-18-15-31(16-19-48)38-22-34(50(43)41-46-25-33(26-47-41)30-8-12-36(52-3)13-9-30)17-20-49(38)40-44-23-32(24-45-40)29-6-10-35(51-2)11-7-29/h5-14,21,23-26,31,34,38H,4,15-20,22,27,43H2,1-3H3. The first kappa shape index (κ1) is 36.0. The molecule has 2 aliphatic rings. The van der Waals surface area contributed by atoms with Gasteiger partial charge in [0.2, 0.25) is 11.9 Å². The number of likely N-dealkylation sites (tertiary alicyclic amines) is 1. The zero-order valence-corrected chi connectivity index (χ0v) is 30.6. The van der Waals surface area contributed by atoms with Crippen LogP contribution in [0.2, 0.25) is 0 Å². The van der Waals surface area contributed by atoms with Gasteiger partial charge < -0.3 is 19.1 Å². The molecule has 2 aromatic heterocycles. The lowest BCUT2D eigenvalue weighted by Gasteiger charge is -2.47. The summed E-state index contributed by atoms with van der Waals surface area (Å²) in [5.41, 5.74) is 4.95. The summed E-state index contributed by atoms with van der Waals surface area (Å²) in [6.45, 7) is 5.67. The Morgan fingerprint density at radius 3 is 1.91 bits per heavy atom. The molecule has 0 saturated carbocycles. The largest absolute Gasteiger partial charge is 0.497 e. The summed E-state index contributed by atoms with van der Waals surface area (Å²) < 4.78 is 30.4. The van der Waals surface area contributed by atoms with Crippen molar-refractivity contribution >= 4 is 11.9 Å². The van der Waals surface area contributed by atoms with Gasteiger partial charge in [0.25, 0.3) is 0 Å². The first-order chi connectivity index (χ1) is 25.9. The Balaban J connectivity index is 1.07. The van der Waals surface area contributed by atoms with Crippen LogP contribution in [0.5, 0.6) is 17.2 Å². The van der Waals surface area contributed by atoms with Crippen LogP contribution in [-0.4, -0.2) is 77.4 Å². The molecule has 2 aliphatic heterocycles. The van der Waals surface area contributed by atoms with Crippen LogP contribution in [0.1, 0.15) is 38.2 Å². The Morgan fingerprint density at radius 1 is 0.755 bits per heavy atom. The average molecular weight is 719 g/mol. The Bertz CT molecular complexity index is 1920. The molecule has 3 aromatic carbocycles. The third kappa shape index (κ3) is 8.34. The molecule has 11 nitrogen and oxygen atoms in total. The second kappa shape index (κ2) is 16.6. The average Bonchev–Trinajstić information content (AvgIpc) is 3.22. The van der Waals surface area contributed by atoms with Crippen LogP contribution in [0.25, 0.3) is 22.3 Å². The minimum atomic E-state index is -0.326. The van der Waals surface area contributed by atoms with Crippen LogP contribution >= 0.6 is 0 Å². The molecule has 2 N–H and O–H groups in total. The highest BCUT2D eigenvalue weighted by molar-refractivity contribution is 5.64. The number of nitrogens with zero attached hydrogens (tertiary/aromatic N) is 7. The van der Waals surface area contributed by atoms with E-state index in [4.69, 9.17) is 30.0 Å². The lowest BCUT2D eigenvalue weighted by Crippen LogP contribution is -2.56. The van der Waals surface area contributed by atoms with Gasteiger partial charge in [0.15, 0.2) is 11.6 Å². The predicted molar refractivity (Wildman–Crippen MR) is 204 cm³/mol. The van der Waals surface area contributed by atoms with Gasteiger partial charge in [-0.15, -0.1) is 0 Å². The third-order valence-electron chi connectivity index (χ3n) is 10.5. The van der Waals surface area contributed by atoms with Gasteiger partial charge in [0.05, 0.1) is 26.9 Å². The number of anilines is 2. The van der Waals surface area contributed by atoms with E-state index < -0.39 is 0 Å². The van der Waals surface area contributed by atoms with Crippen LogP contribution in [0, 0.1) is 11.7 Å². The number of nitrogens with two attached hydrogens (primary N) is 1. The number of aromatic nitrogens is 4. The van der Waals surface area contributed by atoms with Crippen molar-refractivity contribution in [3.8, 4) is 39.5 Å². The summed E-state index contributed by atoms with van der Waals surface area (Å²) in [5.74, 6) is 10.0. The van der Waals surface area contributed by atoms with E-state index in [0.717, 1.165) is 97.1 Å². The van der Waals surface area contributed by atoms with E-state index in [9.17, 15) is 4.39 Å². The van der Waals surface area contributed by atoms with E-state index in [1.807, 2.05) is 92.4 Å². The van der Waals surface area contributed by atoms with E-state index in [1.54, 1.807) is 19.2 Å². The Morgan fingerprint density at radius 2 is 1.34 bits per heavy atom. The molecule has 7 rings (SSSR count). The van der Waals surface area contributed by atoms with Gasteiger partial charge in [0, 0.05) is 55.0 Å². The number of piperidine rings is 2. The number of rotatable bonds is 12. The van der Waals surface area contributed by atoms with E-state index in [2.05, 4.69) is 19.8 Å². The van der Waals surface area contributed by atoms with Crippen molar-refractivity contribution in [1.29, 1.82) is 0 Å². The first-order valence-electron chi connectivity index (χ1n) is 18.3. The van der Waals surface area contributed by atoms with Crippen LogP contribution in [-0.2, 0) is 6.54 Å². The maximum absolute atomic E-state index is 14.2. The van der Waals surface area contributed by atoms with Gasteiger partial charge in [-0.25, -0.2) is 30.2 Å². The summed E-state index contributed by atoms with van der Waals surface area (Å²) in [6.07, 6.45) is 11.1. The molecule has 0 aliphatic carbocycles. The zero-order chi connectivity index (χ0) is 36.7. The molecule has 0 spiro atoms. The number of hydrogen-bond acceptors (Lipinski definition) is 11. The van der Waals surface area contributed by atoms with Gasteiger partial charge in [0.1, 0.15) is 11.5 Å². The van der Waals surface area contributed by atoms with Crippen molar-refractivity contribution in [3.63, 3.8) is 0 Å². The first-order valence-corrected chi connectivity index (χ1v) is 18.3. The Kier molecular flexibility index (Phi) is 11.3. The molecule has 53 heavy (non-hydrogen) atoms. The van der Waals surface area contributed by atoms with Crippen LogP contribution in [0.4, 0.5) is 16.3 Å². The quantitative estimate of drug-likeness (QED) is 0.109. The fraction of sp³-hybridized carbons (Fsp3) is 0.366. The SMILES string of the molecule is CCOc1cc(CN2CCC(C3CC(N(N)c4ncc(-c5ccc(OC)cc5)cn4)CCN3c3ncc(-c4ccc(OC)cc4)cn3)CC2)ccc1F. The molecule has 0 radical (unpaired) electrons. The Labute approximate surface area is 310 Å². The monoisotopic (exact) mass is 718 g/mol. The van der Waals surface area contributed by atoms with Gasteiger partial charge in [-0.3, -0.25) is 9.91 Å². The summed E-state index contributed by atoms with van der Waals surface area (Å²) in [6, 6.07) is 21.1. The van der Waals surface area contributed by atoms with Crippen molar-refractivity contribution in [2.75, 3.05) is 50.4 Å². The third-order valence-corrected chi connectivity index (χ3v) is 10.5. The number of benzene rings is 3. The number of halogens is 1. The molecule has 12 heteroatoms. The van der Waals surface area contributed by atoms with Gasteiger partial charge in [-0.1, -0.05) is 30.3 Å². The fourth-order valence-electron chi connectivity index (χ4n) is 7.54. The summed E-state index contributed by atoms with van der Waals surface area (Å²) in [4.78, 5) is 24.0. The lowest BCUT2D eigenvalue weighted by molar-refractivity contribution is 0.148. The van der Waals surface area contributed by atoms with E-state index in [1.165, 1.54) is 6.07 Å². The zero-order valence-electron chi connectivity index (χ0n) is 30.6. The highest BCUT2D eigenvalue weighted by Crippen LogP contribution is 2.35. The molecule has 0 bridgehead atoms. The molecule has 276 valence electrons. The van der Waals surface area contributed by atoms with Gasteiger partial charge in [-0.05, 0) is 105 Å². The molecule has 0 amide bonds. The molecule has 2 fully saturated rings. The highest BCUT2D eigenvalue weighted by Gasteiger charge is 2.39. The minimum Gasteiger partial charge on any atom is -0.497 e. The Hall–Kier alpha value is -5.33. The van der Waals surface area contributed by atoms with Gasteiger partial charge >= 0.3 is 0 Å².